The van der Waals surface area contributed by atoms with Crippen LogP contribution in [0.3, 0.4) is 0 Å². The first-order valence-corrected chi connectivity index (χ1v) is 10.2. The molecule has 0 bridgehead atoms. The lowest BCUT2D eigenvalue weighted by molar-refractivity contribution is -0.157. The summed E-state index contributed by atoms with van der Waals surface area (Å²) in [6.45, 7) is -0.263. The number of aromatic nitrogens is 2. The first-order chi connectivity index (χ1) is 14.0. The Bertz CT molecular complexity index is 1120. The number of benzene rings is 1. The van der Waals surface area contributed by atoms with Gasteiger partial charge in [0.25, 0.3) is 5.56 Å². The maximum atomic E-state index is 12.8. The molecule has 1 aliphatic carbocycles. The van der Waals surface area contributed by atoms with Crippen LogP contribution >= 0.6 is 11.3 Å². The number of nitrogens with zero attached hydrogens (tertiary/aromatic N) is 2. The van der Waals surface area contributed by atoms with Gasteiger partial charge in [-0.15, -0.1) is 11.3 Å². The van der Waals surface area contributed by atoms with Gasteiger partial charge in [-0.2, -0.15) is 0 Å². The second-order valence-corrected chi connectivity index (χ2v) is 7.97. The number of rotatable bonds is 5. The van der Waals surface area contributed by atoms with Crippen molar-refractivity contribution in [1.29, 1.82) is 0 Å². The first kappa shape index (κ1) is 19.3. The summed E-state index contributed by atoms with van der Waals surface area (Å²) in [6.07, 6.45) is 3.34. The van der Waals surface area contributed by atoms with Gasteiger partial charge < -0.3 is 9.47 Å². The molecule has 2 heterocycles. The number of carbonyl (C=O) groups is 2. The number of esters is 1. The normalized spacial score (nSPS) is 16.7. The standard InChI is InChI=1S/C21H20N2O5S/c1-27-14-8-6-13(7-9-14)18-10-15-20(29-18)21(26)23(12-22-15)11-19(25)28-17-5-3-2-4-16(17)24/h6-10,12,17H,2-5,11H2,1H3/t17-/m0/s1. The monoisotopic (exact) mass is 412 g/mol. The Morgan fingerprint density at radius 3 is 2.76 bits per heavy atom. The summed E-state index contributed by atoms with van der Waals surface area (Å²) < 4.78 is 12.2. The fourth-order valence-electron chi connectivity index (χ4n) is 3.37. The second-order valence-electron chi connectivity index (χ2n) is 6.92. The molecule has 1 aromatic carbocycles. The van der Waals surface area contributed by atoms with Crippen LogP contribution in [-0.2, 0) is 20.9 Å². The molecular weight excluding hydrogens is 392 g/mol. The van der Waals surface area contributed by atoms with Crippen molar-refractivity contribution in [1.82, 2.24) is 9.55 Å². The Kier molecular flexibility index (Phi) is 5.44. The van der Waals surface area contributed by atoms with Crippen LogP contribution in [0.2, 0.25) is 0 Å². The van der Waals surface area contributed by atoms with E-state index >= 15 is 0 Å². The van der Waals surface area contributed by atoms with Gasteiger partial charge in [0, 0.05) is 11.3 Å². The molecule has 8 heteroatoms. The zero-order valence-corrected chi connectivity index (χ0v) is 16.7. The molecule has 0 spiro atoms. The molecule has 0 unspecified atom stereocenters. The van der Waals surface area contributed by atoms with E-state index in [1.54, 1.807) is 7.11 Å². The Morgan fingerprint density at radius 2 is 2.03 bits per heavy atom. The maximum Gasteiger partial charge on any atom is 0.326 e. The van der Waals surface area contributed by atoms with Gasteiger partial charge in [0.05, 0.1) is 19.0 Å². The molecule has 4 rings (SSSR count). The zero-order chi connectivity index (χ0) is 20.4. The van der Waals surface area contributed by atoms with Gasteiger partial charge in [-0.1, -0.05) is 0 Å². The van der Waals surface area contributed by atoms with Crippen molar-refractivity contribution >= 4 is 33.3 Å². The molecule has 0 amide bonds. The lowest BCUT2D eigenvalue weighted by Crippen LogP contribution is -2.33. The molecule has 3 aromatic rings. The van der Waals surface area contributed by atoms with Crippen LogP contribution in [0, 0.1) is 0 Å². The third kappa shape index (κ3) is 4.07. The molecule has 7 nitrogen and oxygen atoms in total. The van der Waals surface area contributed by atoms with E-state index in [4.69, 9.17) is 9.47 Å². The Labute approximate surface area is 170 Å². The van der Waals surface area contributed by atoms with E-state index in [0.29, 0.717) is 23.1 Å². The van der Waals surface area contributed by atoms with E-state index in [1.807, 2.05) is 30.3 Å². The molecule has 29 heavy (non-hydrogen) atoms. The van der Waals surface area contributed by atoms with E-state index < -0.39 is 12.1 Å². The summed E-state index contributed by atoms with van der Waals surface area (Å²) in [5.41, 5.74) is 1.24. The third-order valence-electron chi connectivity index (χ3n) is 4.95. The number of fused-ring (bicyclic) bond motifs is 1. The Hall–Kier alpha value is -3.00. The third-order valence-corrected chi connectivity index (χ3v) is 6.11. The van der Waals surface area contributed by atoms with Gasteiger partial charge in [0.15, 0.2) is 11.9 Å². The molecule has 1 saturated carbocycles. The Morgan fingerprint density at radius 1 is 1.24 bits per heavy atom. The van der Waals surface area contributed by atoms with Crippen molar-refractivity contribution in [2.45, 2.75) is 38.3 Å². The number of thiophene rings is 1. The largest absolute Gasteiger partial charge is 0.497 e. The van der Waals surface area contributed by atoms with Gasteiger partial charge in [-0.25, -0.2) is 4.98 Å². The summed E-state index contributed by atoms with van der Waals surface area (Å²) >= 11 is 1.32. The highest BCUT2D eigenvalue weighted by molar-refractivity contribution is 7.22. The topological polar surface area (TPSA) is 87.5 Å². The number of carbonyl (C=O) groups excluding carboxylic acids is 2. The van der Waals surface area contributed by atoms with Gasteiger partial charge in [-0.05, 0) is 55.2 Å². The fraction of sp³-hybridized carbons (Fsp3) is 0.333. The maximum absolute atomic E-state index is 12.8. The summed E-state index contributed by atoms with van der Waals surface area (Å²) in [5.74, 6) is 0.110. The number of methoxy groups -OCH3 is 1. The molecule has 150 valence electrons. The van der Waals surface area contributed by atoms with E-state index in [2.05, 4.69) is 4.98 Å². The van der Waals surface area contributed by atoms with Crippen LogP contribution < -0.4 is 10.3 Å². The number of hydrogen-bond acceptors (Lipinski definition) is 7. The quantitative estimate of drug-likeness (QED) is 0.598. The number of hydrogen-bond donors (Lipinski definition) is 0. The van der Waals surface area contributed by atoms with Gasteiger partial charge in [0.1, 0.15) is 17.0 Å². The lowest BCUT2D eigenvalue weighted by atomic mass is 9.96. The van der Waals surface area contributed by atoms with E-state index in [9.17, 15) is 14.4 Å². The van der Waals surface area contributed by atoms with Crippen molar-refractivity contribution in [2.75, 3.05) is 7.11 Å². The van der Waals surface area contributed by atoms with Crippen LogP contribution in [-0.4, -0.2) is 34.5 Å². The number of ether oxygens (including phenoxy) is 2. The van der Waals surface area contributed by atoms with Crippen molar-refractivity contribution in [3.8, 4) is 16.2 Å². The minimum absolute atomic E-state index is 0.0482. The zero-order valence-electron chi connectivity index (χ0n) is 15.9. The number of Topliss-reactive ketones (excluding diaryl/α,β-unsaturated/α-hetero) is 1. The van der Waals surface area contributed by atoms with Crippen molar-refractivity contribution in [3.63, 3.8) is 0 Å². The SMILES string of the molecule is COc1ccc(-c2cc3ncn(CC(=O)O[C@H]4CCCCC4=O)c(=O)c3s2)cc1. The molecule has 1 aliphatic rings. The molecule has 0 aliphatic heterocycles. The minimum atomic E-state index is -0.688. The average molecular weight is 412 g/mol. The van der Waals surface area contributed by atoms with E-state index in [0.717, 1.165) is 29.0 Å². The molecule has 0 radical (unpaired) electrons. The van der Waals surface area contributed by atoms with E-state index in [1.165, 1.54) is 22.2 Å². The Balaban J connectivity index is 1.54. The summed E-state index contributed by atoms with van der Waals surface area (Å²) in [7, 11) is 1.61. The molecule has 0 N–H and O–H groups in total. The van der Waals surface area contributed by atoms with Gasteiger partial charge in [-0.3, -0.25) is 19.0 Å². The highest BCUT2D eigenvalue weighted by Gasteiger charge is 2.26. The number of ketones is 1. The van der Waals surface area contributed by atoms with E-state index in [-0.39, 0.29) is 17.9 Å². The minimum Gasteiger partial charge on any atom is -0.497 e. The van der Waals surface area contributed by atoms with Crippen molar-refractivity contribution < 1.29 is 19.1 Å². The van der Waals surface area contributed by atoms with Crippen molar-refractivity contribution in [3.05, 3.63) is 47.0 Å². The van der Waals surface area contributed by atoms with Crippen LogP contribution in [0.5, 0.6) is 5.75 Å². The molecular formula is C21H20N2O5S. The van der Waals surface area contributed by atoms with Crippen LogP contribution in [0.4, 0.5) is 0 Å². The molecule has 0 saturated heterocycles. The lowest BCUT2D eigenvalue weighted by Gasteiger charge is -2.20. The van der Waals surface area contributed by atoms with Gasteiger partial charge in [0.2, 0.25) is 0 Å². The van der Waals surface area contributed by atoms with Crippen molar-refractivity contribution in [2.24, 2.45) is 0 Å². The summed E-state index contributed by atoms with van der Waals surface area (Å²) in [4.78, 5) is 42.1. The molecule has 1 atom stereocenters. The summed E-state index contributed by atoms with van der Waals surface area (Å²) in [6, 6.07) is 9.40. The average Bonchev–Trinajstić information content (AvgIpc) is 3.17. The predicted molar refractivity (Wildman–Crippen MR) is 109 cm³/mol. The van der Waals surface area contributed by atoms with Crippen LogP contribution in [0.25, 0.3) is 20.7 Å². The highest BCUT2D eigenvalue weighted by Crippen LogP contribution is 2.31. The molecule has 1 fully saturated rings. The first-order valence-electron chi connectivity index (χ1n) is 9.41. The predicted octanol–water partition coefficient (Wildman–Crippen LogP) is 3.19. The summed E-state index contributed by atoms with van der Waals surface area (Å²) in [5, 5.41) is 0. The second kappa shape index (κ2) is 8.16. The smallest absolute Gasteiger partial charge is 0.326 e. The van der Waals surface area contributed by atoms with Crippen LogP contribution in [0.1, 0.15) is 25.7 Å². The molecule has 2 aromatic heterocycles. The van der Waals surface area contributed by atoms with Crippen LogP contribution in [0.15, 0.2) is 41.5 Å². The highest BCUT2D eigenvalue weighted by atomic mass is 32.1. The van der Waals surface area contributed by atoms with Gasteiger partial charge >= 0.3 is 5.97 Å². The fourth-order valence-corrected chi connectivity index (χ4v) is 4.43.